The highest BCUT2D eigenvalue weighted by atomic mass is 35.5. The fraction of sp³-hybridized carbons (Fsp3) is 0.227. The van der Waals surface area contributed by atoms with Crippen molar-refractivity contribution in [2.45, 2.75) is 18.1 Å². The minimum atomic E-state index is -1.31. The third kappa shape index (κ3) is 4.00. The lowest BCUT2D eigenvalue weighted by Crippen LogP contribution is -2.36. The molecule has 1 aliphatic carbocycles. The van der Waals surface area contributed by atoms with E-state index in [1.54, 1.807) is 0 Å². The van der Waals surface area contributed by atoms with Crippen LogP contribution in [0.5, 0.6) is 0 Å². The molecule has 0 saturated carbocycles. The number of hydrogen-bond donors (Lipinski definition) is 3. The summed E-state index contributed by atoms with van der Waals surface area (Å²) in [6, 6.07) is 19.0. The SMILES string of the molecule is O=C(NCC(O)C(O)c1ccc(Cl)o1)OCC1c2ccccc2-c2ccccc21. The molecule has 0 saturated heterocycles. The van der Waals surface area contributed by atoms with E-state index in [1.165, 1.54) is 12.1 Å². The Kier molecular flexibility index (Phi) is 5.58. The lowest BCUT2D eigenvalue weighted by atomic mass is 9.98. The number of aliphatic hydroxyl groups is 2. The summed E-state index contributed by atoms with van der Waals surface area (Å²) in [5.74, 6) is 0.0748. The van der Waals surface area contributed by atoms with Gasteiger partial charge in [-0.25, -0.2) is 4.79 Å². The Labute approximate surface area is 172 Å². The van der Waals surface area contributed by atoms with E-state index < -0.39 is 18.3 Å². The van der Waals surface area contributed by atoms with Crippen molar-refractivity contribution in [3.63, 3.8) is 0 Å². The lowest BCUT2D eigenvalue weighted by Gasteiger charge is -2.18. The topological polar surface area (TPSA) is 91.9 Å². The first-order valence-corrected chi connectivity index (χ1v) is 9.62. The van der Waals surface area contributed by atoms with Crippen LogP contribution in [0.15, 0.2) is 65.1 Å². The monoisotopic (exact) mass is 413 g/mol. The van der Waals surface area contributed by atoms with Gasteiger partial charge in [-0.3, -0.25) is 0 Å². The summed E-state index contributed by atoms with van der Waals surface area (Å²) in [4.78, 5) is 12.1. The maximum Gasteiger partial charge on any atom is 0.407 e. The van der Waals surface area contributed by atoms with Crippen molar-refractivity contribution in [2.24, 2.45) is 0 Å². The fourth-order valence-corrected chi connectivity index (χ4v) is 3.78. The van der Waals surface area contributed by atoms with Gasteiger partial charge in [0.05, 0.1) is 0 Å². The fourth-order valence-electron chi connectivity index (χ4n) is 3.63. The number of rotatable bonds is 6. The highest BCUT2D eigenvalue weighted by molar-refractivity contribution is 6.28. The molecule has 1 aromatic heterocycles. The first-order chi connectivity index (χ1) is 14.0. The smallest absolute Gasteiger partial charge is 0.407 e. The van der Waals surface area contributed by atoms with E-state index in [1.807, 2.05) is 36.4 Å². The third-order valence-corrected chi connectivity index (χ3v) is 5.25. The zero-order valence-corrected chi connectivity index (χ0v) is 16.2. The van der Waals surface area contributed by atoms with Crippen LogP contribution in [-0.4, -0.2) is 35.6 Å². The average molecular weight is 414 g/mol. The number of halogens is 1. The molecule has 0 spiro atoms. The number of furan rings is 1. The summed E-state index contributed by atoms with van der Waals surface area (Å²) in [5.41, 5.74) is 4.53. The minimum absolute atomic E-state index is 0.0473. The van der Waals surface area contributed by atoms with Gasteiger partial charge in [-0.15, -0.1) is 0 Å². The van der Waals surface area contributed by atoms with Gasteiger partial charge < -0.3 is 24.7 Å². The van der Waals surface area contributed by atoms with Crippen LogP contribution in [0.25, 0.3) is 11.1 Å². The molecule has 2 aromatic carbocycles. The summed E-state index contributed by atoms with van der Waals surface area (Å²) < 4.78 is 10.5. The number of ether oxygens (including phenoxy) is 1. The second-order valence-electron chi connectivity index (χ2n) is 6.86. The van der Waals surface area contributed by atoms with Crippen molar-refractivity contribution in [3.05, 3.63) is 82.8 Å². The molecule has 0 fully saturated rings. The standard InChI is InChI=1S/C22H20ClNO5/c23-20-10-9-19(29-20)21(26)18(25)11-24-22(27)28-12-17-15-7-3-1-5-13(15)14-6-2-4-8-16(14)17/h1-10,17-18,21,25-26H,11-12H2,(H,24,27). The number of carbonyl (C=O) groups is 1. The Balaban J connectivity index is 1.34. The van der Waals surface area contributed by atoms with E-state index in [4.69, 9.17) is 20.8 Å². The van der Waals surface area contributed by atoms with Crippen LogP contribution in [-0.2, 0) is 4.74 Å². The summed E-state index contributed by atoms with van der Waals surface area (Å²) in [7, 11) is 0. The first kappa shape index (κ1) is 19.5. The molecular formula is C22H20ClNO5. The van der Waals surface area contributed by atoms with Crippen molar-refractivity contribution in [1.29, 1.82) is 0 Å². The van der Waals surface area contributed by atoms with Crippen LogP contribution < -0.4 is 5.32 Å². The first-order valence-electron chi connectivity index (χ1n) is 9.25. The van der Waals surface area contributed by atoms with Gasteiger partial charge in [-0.05, 0) is 46.0 Å². The van der Waals surface area contributed by atoms with E-state index in [0.29, 0.717) is 0 Å². The zero-order chi connectivity index (χ0) is 20.4. The molecule has 3 N–H and O–H groups in total. The van der Waals surface area contributed by atoms with Gasteiger partial charge in [0, 0.05) is 12.5 Å². The molecule has 0 aliphatic heterocycles. The molecule has 1 aliphatic rings. The van der Waals surface area contributed by atoms with Crippen LogP contribution in [0, 0.1) is 0 Å². The number of amides is 1. The third-order valence-electron chi connectivity index (χ3n) is 5.05. The van der Waals surface area contributed by atoms with E-state index >= 15 is 0 Å². The second-order valence-corrected chi connectivity index (χ2v) is 7.23. The number of benzene rings is 2. The Morgan fingerprint density at radius 2 is 1.66 bits per heavy atom. The molecule has 1 heterocycles. The molecule has 4 rings (SSSR count). The molecule has 0 radical (unpaired) electrons. The van der Waals surface area contributed by atoms with Crippen molar-refractivity contribution in [3.8, 4) is 11.1 Å². The quantitative estimate of drug-likeness (QED) is 0.570. The highest BCUT2D eigenvalue weighted by Gasteiger charge is 2.29. The molecule has 1 amide bonds. The maximum atomic E-state index is 12.1. The van der Waals surface area contributed by atoms with Gasteiger partial charge >= 0.3 is 6.09 Å². The Morgan fingerprint density at radius 3 is 2.24 bits per heavy atom. The van der Waals surface area contributed by atoms with Gasteiger partial charge in [0.2, 0.25) is 0 Å². The van der Waals surface area contributed by atoms with Gasteiger partial charge in [0.1, 0.15) is 24.6 Å². The second kappa shape index (κ2) is 8.29. The largest absolute Gasteiger partial charge is 0.449 e. The normalized spacial score (nSPS) is 14.7. The van der Waals surface area contributed by atoms with Crippen molar-refractivity contribution < 1.29 is 24.2 Å². The summed E-state index contributed by atoms with van der Waals surface area (Å²) in [5, 5.41) is 22.7. The molecule has 2 unspecified atom stereocenters. The average Bonchev–Trinajstić information content (AvgIpc) is 3.31. The summed E-state index contributed by atoms with van der Waals surface area (Å²) in [6.07, 6.45) is -3.25. The number of fused-ring (bicyclic) bond motifs is 3. The predicted molar refractivity (Wildman–Crippen MR) is 108 cm³/mol. The highest BCUT2D eigenvalue weighted by Crippen LogP contribution is 2.44. The molecule has 0 bridgehead atoms. The van der Waals surface area contributed by atoms with Crippen LogP contribution >= 0.6 is 11.6 Å². The summed E-state index contributed by atoms with van der Waals surface area (Å²) >= 11 is 5.66. The summed E-state index contributed by atoms with van der Waals surface area (Å²) in [6.45, 7) is -0.0253. The van der Waals surface area contributed by atoms with Crippen LogP contribution in [0.1, 0.15) is 28.9 Å². The number of aliphatic hydroxyl groups excluding tert-OH is 2. The molecule has 29 heavy (non-hydrogen) atoms. The molecular weight excluding hydrogens is 394 g/mol. The minimum Gasteiger partial charge on any atom is -0.449 e. The van der Waals surface area contributed by atoms with Crippen LogP contribution in [0.2, 0.25) is 5.22 Å². The van der Waals surface area contributed by atoms with Crippen LogP contribution in [0.3, 0.4) is 0 Å². The lowest BCUT2D eigenvalue weighted by molar-refractivity contribution is 0.00614. The molecule has 7 heteroatoms. The Hall–Kier alpha value is -2.80. The molecule has 2 atom stereocenters. The zero-order valence-electron chi connectivity index (χ0n) is 15.4. The number of alkyl carbamates (subject to hydrolysis) is 1. The van der Waals surface area contributed by atoms with Crippen molar-refractivity contribution >= 4 is 17.7 Å². The van der Waals surface area contributed by atoms with Crippen molar-refractivity contribution in [1.82, 2.24) is 5.32 Å². The number of hydrogen-bond acceptors (Lipinski definition) is 5. The van der Waals surface area contributed by atoms with E-state index in [9.17, 15) is 15.0 Å². The number of nitrogens with one attached hydrogen (secondary N) is 1. The Morgan fingerprint density at radius 1 is 1.03 bits per heavy atom. The van der Waals surface area contributed by atoms with E-state index in [2.05, 4.69) is 17.4 Å². The maximum absolute atomic E-state index is 12.1. The predicted octanol–water partition coefficient (Wildman–Crippen LogP) is 3.87. The van der Waals surface area contributed by atoms with E-state index in [0.717, 1.165) is 22.3 Å². The van der Waals surface area contributed by atoms with Gasteiger partial charge in [0.25, 0.3) is 0 Å². The van der Waals surface area contributed by atoms with Gasteiger partial charge in [0.15, 0.2) is 5.22 Å². The molecule has 150 valence electrons. The molecule has 6 nitrogen and oxygen atoms in total. The van der Waals surface area contributed by atoms with Gasteiger partial charge in [-0.1, -0.05) is 48.5 Å². The van der Waals surface area contributed by atoms with E-state index in [-0.39, 0.29) is 30.0 Å². The molecule has 3 aromatic rings. The Bertz CT molecular complexity index is 972. The number of carbonyl (C=O) groups excluding carboxylic acids is 1. The van der Waals surface area contributed by atoms with Crippen molar-refractivity contribution in [2.75, 3.05) is 13.2 Å². The van der Waals surface area contributed by atoms with Gasteiger partial charge in [-0.2, -0.15) is 0 Å². The van der Waals surface area contributed by atoms with Crippen LogP contribution in [0.4, 0.5) is 4.79 Å².